The van der Waals surface area contributed by atoms with Crippen molar-refractivity contribution in [1.29, 1.82) is 0 Å². The topological polar surface area (TPSA) is 120 Å². The summed E-state index contributed by atoms with van der Waals surface area (Å²) in [6, 6.07) is 1.59. The normalized spacial score (nSPS) is 10.3. The van der Waals surface area contributed by atoms with E-state index in [0.717, 1.165) is 0 Å². The minimum atomic E-state index is -0.459. The summed E-state index contributed by atoms with van der Waals surface area (Å²) >= 11 is 0. The van der Waals surface area contributed by atoms with E-state index < -0.39 is 4.92 Å². The van der Waals surface area contributed by atoms with Crippen molar-refractivity contribution in [1.82, 2.24) is 15.0 Å². The number of hydrogen-bond acceptors (Lipinski definition) is 7. The number of aromatic nitrogens is 3. The summed E-state index contributed by atoms with van der Waals surface area (Å²) in [6.45, 7) is 3.66. The summed E-state index contributed by atoms with van der Waals surface area (Å²) in [4.78, 5) is 22.6. The van der Waals surface area contributed by atoms with Gasteiger partial charge in [-0.05, 0) is 19.9 Å². The van der Waals surface area contributed by atoms with Crippen LogP contribution in [0.15, 0.2) is 18.5 Å². The molecule has 2 aromatic rings. The Labute approximate surface area is 115 Å². The molecule has 0 aliphatic carbocycles. The Hall–Kier alpha value is -2.77. The second-order valence-corrected chi connectivity index (χ2v) is 4.26. The van der Waals surface area contributed by atoms with Crippen molar-refractivity contribution in [2.75, 3.05) is 11.1 Å². The quantitative estimate of drug-likeness (QED) is 0.641. The summed E-state index contributed by atoms with van der Waals surface area (Å²) in [5.41, 5.74) is 6.93. The monoisotopic (exact) mass is 274 g/mol. The Morgan fingerprint density at radius 2 is 2.15 bits per heavy atom. The van der Waals surface area contributed by atoms with E-state index in [1.807, 2.05) is 0 Å². The first-order chi connectivity index (χ1) is 9.49. The van der Waals surface area contributed by atoms with Crippen LogP contribution in [-0.4, -0.2) is 19.9 Å². The molecule has 0 atom stereocenters. The van der Waals surface area contributed by atoms with Crippen molar-refractivity contribution < 1.29 is 4.92 Å². The molecule has 0 aromatic carbocycles. The van der Waals surface area contributed by atoms with Crippen LogP contribution < -0.4 is 11.1 Å². The molecule has 0 amide bonds. The molecule has 0 radical (unpaired) electrons. The minimum Gasteiger partial charge on any atom is -0.383 e. The number of aryl methyl sites for hydroxylation is 2. The molecule has 0 spiro atoms. The van der Waals surface area contributed by atoms with Crippen LogP contribution in [0.3, 0.4) is 0 Å². The first kappa shape index (κ1) is 13.7. The van der Waals surface area contributed by atoms with Crippen LogP contribution in [0.5, 0.6) is 0 Å². The van der Waals surface area contributed by atoms with Gasteiger partial charge in [0.1, 0.15) is 11.6 Å². The highest BCUT2D eigenvalue weighted by Crippen LogP contribution is 2.26. The first-order valence-electron chi connectivity index (χ1n) is 5.91. The third-order valence-corrected chi connectivity index (χ3v) is 2.77. The van der Waals surface area contributed by atoms with Gasteiger partial charge in [0, 0.05) is 30.1 Å². The number of nitrogens with two attached hydrogens (primary N) is 1. The van der Waals surface area contributed by atoms with E-state index in [1.165, 1.54) is 6.20 Å². The van der Waals surface area contributed by atoms with Crippen molar-refractivity contribution in [2.24, 2.45) is 0 Å². The number of rotatable bonds is 4. The van der Waals surface area contributed by atoms with Crippen molar-refractivity contribution in [3.05, 3.63) is 45.5 Å². The number of nitrogens with zero attached hydrogens (tertiary/aromatic N) is 4. The van der Waals surface area contributed by atoms with Crippen LogP contribution in [0.2, 0.25) is 0 Å². The van der Waals surface area contributed by atoms with Gasteiger partial charge in [0.2, 0.25) is 5.82 Å². The summed E-state index contributed by atoms with van der Waals surface area (Å²) < 4.78 is 0. The van der Waals surface area contributed by atoms with Gasteiger partial charge in [0.15, 0.2) is 0 Å². The maximum atomic E-state index is 11.0. The van der Waals surface area contributed by atoms with E-state index in [4.69, 9.17) is 5.73 Å². The maximum Gasteiger partial charge on any atom is 0.314 e. The van der Waals surface area contributed by atoms with Gasteiger partial charge in [-0.2, -0.15) is 0 Å². The summed E-state index contributed by atoms with van der Waals surface area (Å²) in [5, 5.41) is 13.9. The number of nitrogens with one attached hydrogen (secondary N) is 1. The Balaban J connectivity index is 2.23. The van der Waals surface area contributed by atoms with Gasteiger partial charge in [0.25, 0.3) is 0 Å². The lowest BCUT2D eigenvalue weighted by Gasteiger charge is -2.09. The number of anilines is 2. The molecule has 0 saturated carbocycles. The highest BCUT2D eigenvalue weighted by molar-refractivity contribution is 5.60. The molecule has 0 aliphatic rings. The fourth-order valence-electron chi connectivity index (χ4n) is 1.74. The third kappa shape index (κ3) is 2.79. The Morgan fingerprint density at radius 3 is 2.80 bits per heavy atom. The summed E-state index contributed by atoms with van der Waals surface area (Å²) in [6.07, 6.45) is 3.10. The number of nitro groups is 1. The molecule has 8 heteroatoms. The fourth-order valence-corrected chi connectivity index (χ4v) is 1.74. The smallest absolute Gasteiger partial charge is 0.314 e. The van der Waals surface area contributed by atoms with Gasteiger partial charge in [0.05, 0.1) is 4.92 Å². The van der Waals surface area contributed by atoms with Crippen molar-refractivity contribution in [2.45, 2.75) is 20.4 Å². The van der Waals surface area contributed by atoms with E-state index in [-0.39, 0.29) is 18.1 Å². The van der Waals surface area contributed by atoms with Gasteiger partial charge in [-0.1, -0.05) is 0 Å². The lowest BCUT2D eigenvalue weighted by atomic mass is 10.2. The van der Waals surface area contributed by atoms with E-state index >= 15 is 0 Å². The zero-order chi connectivity index (χ0) is 14.7. The third-order valence-electron chi connectivity index (χ3n) is 2.77. The molecule has 0 saturated heterocycles. The molecule has 0 unspecified atom stereocenters. The largest absolute Gasteiger partial charge is 0.383 e. The predicted octanol–water partition coefficient (Wildman–Crippen LogP) is 1.59. The molecule has 0 bridgehead atoms. The molecule has 20 heavy (non-hydrogen) atoms. The fraction of sp³-hybridized carbons (Fsp3) is 0.250. The highest BCUT2D eigenvalue weighted by atomic mass is 16.6. The molecule has 3 N–H and O–H groups in total. The zero-order valence-electron chi connectivity index (χ0n) is 11.1. The minimum absolute atomic E-state index is 0.0425. The van der Waals surface area contributed by atoms with Crippen molar-refractivity contribution in [3.8, 4) is 0 Å². The van der Waals surface area contributed by atoms with Gasteiger partial charge in [-0.15, -0.1) is 0 Å². The lowest BCUT2D eigenvalue weighted by molar-refractivity contribution is -0.384. The van der Waals surface area contributed by atoms with E-state index in [9.17, 15) is 10.1 Å². The average molecular weight is 274 g/mol. The Kier molecular flexibility index (Phi) is 3.74. The molecular formula is C12H14N6O2. The molecule has 0 fully saturated rings. The molecule has 2 aromatic heterocycles. The molecular weight excluding hydrogens is 260 g/mol. The standard InChI is InChI=1S/C12H14N6O2/c1-7-3-4-14-12(10(7)18(19)20)16-6-9-5-15-8(2)17-11(9)13/h3-5H,6H2,1-2H3,(H,14,16)(H2,13,15,17). The molecule has 0 aliphatic heterocycles. The molecule has 2 rings (SSSR count). The molecule has 8 nitrogen and oxygen atoms in total. The van der Waals surface area contributed by atoms with E-state index in [0.29, 0.717) is 22.8 Å². The predicted molar refractivity (Wildman–Crippen MR) is 74.1 cm³/mol. The molecule has 104 valence electrons. The number of pyridine rings is 1. The first-order valence-corrected chi connectivity index (χ1v) is 5.91. The van der Waals surface area contributed by atoms with Crippen molar-refractivity contribution in [3.63, 3.8) is 0 Å². The maximum absolute atomic E-state index is 11.0. The second kappa shape index (κ2) is 5.47. The Bertz CT molecular complexity index is 658. The average Bonchev–Trinajstić information content (AvgIpc) is 2.37. The zero-order valence-corrected chi connectivity index (χ0v) is 11.1. The number of nitrogen functional groups attached to an aromatic ring is 1. The van der Waals surface area contributed by atoms with E-state index in [1.54, 1.807) is 26.1 Å². The SMILES string of the molecule is Cc1ncc(CNc2nccc(C)c2[N+](=O)[O-])c(N)n1. The second-order valence-electron chi connectivity index (χ2n) is 4.26. The summed E-state index contributed by atoms with van der Waals surface area (Å²) in [5.74, 6) is 1.13. The Morgan fingerprint density at radius 1 is 1.40 bits per heavy atom. The van der Waals surface area contributed by atoms with Crippen molar-refractivity contribution >= 4 is 17.3 Å². The summed E-state index contributed by atoms with van der Waals surface area (Å²) in [7, 11) is 0. The van der Waals surface area contributed by atoms with E-state index in [2.05, 4.69) is 20.3 Å². The number of hydrogen-bond donors (Lipinski definition) is 2. The van der Waals surface area contributed by atoms with Crippen LogP contribution in [0.4, 0.5) is 17.3 Å². The van der Waals surface area contributed by atoms with Crippen LogP contribution in [0, 0.1) is 24.0 Å². The van der Waals surface area contributed by atoms with Gasteiger partial charge in [-0.25, -0.2) is 15.0 Å². The lowest BCUT2D eigenvalue weighted by Crippen LogP contribution is -2.09. The highest BCUT2D eigenvalue weighted by Gasteiger charge is 2.18. The van der Waals surface area contributed by atoms with Crippen LogP contribution in [-0.2, 0) is 6.54 Å². The van der Waals surface area contributed by atoms with Crippen LogP contribution >= 0.6 is 0 Å². The van der Waals surface area contributed by atoms with Crippen LogP contribution in [0.25, 0.3) is 0 Å². The molecule has 2 heterocycles. The van der Waals surface area contributed by atoms with Crippen LogP contribution in [0.1, 0.15) is 17.0 Å². The van der Waals surface area contributed by atoms with Gasteiger partial charge < -0.3 is 11.1 Å². The van der Waals surface area contributed by atoms with Gasteiger partial charge >= 0.3 is 5.69 Å². The van der Waals surface area contributed by atoms with Gasteiger partial charge in [-0.3, -0.25) is 10.1 Å².